The second-order valence-corrected chi connectivity index (χ2v) is 5.71. The van der Waals surface area contributed by atoms with E-state index in [1.54, 1.807) is 0 Å². The Morgan fingerprint density at radius 3 is 2.75 bits per heavy atom. The zero-order valence-electron chi connectivity index (χ0n) is 12.0. The van der Waals surface area contributed by atoms with Crippen molar-refractivity contribution in [1.82, 2.24) is 9.80 Å². The number of rotatable bonds is 5. The van der Waals surface area contributed by atoms with Gasteiger partial charge in [-0.2, -0.15) is 0 Å². The summed E-state index contributed by atoms with van der Waals surface area (Å²) in [4.78, 5) is 38.7. The van der Waals surface area contributed by atoms with E-state index in [1.165, 1.54) is 4.90 Å². The molecule has 0 aliphatic carbocycles. The summed E-state index contributed by atoms with van der Waals surface area (Å²) < 4.78 is 0. The van der Waals surface area contributed by atoms with Gasteiger partial charge in [-0.05, 0) is 32.7 Å². The molecule has 0 radical (unpaired) electrons. The minimum atomic E-state index is -0.850. The molecule has 0 saturated carbocycles. The minimum Gasteiger partial charge on any atom is -0.481 e. The van der Waals surface area contributed by atoms with Crippen molar-refractivity contribution in [2.45, 2.75) is 64.1 Å². The van der Waals surface area contributed by atoms with Gasteiger partial charge in [0.05, 0.1) is 18.9 Å². The zero-order valence-corrected chi connectivity index (χ0v) is 12.0. The zero-order chi connectivity index (χ0) is 14.9. The first-order valence-corrected chi connectivity index (χ1v) is 7.29. The summed E-state index contributed by atoms with van der Waals surface area (Å²) in [6.07, 6.45) is 2.65. The SMILES string of the molecule is CCC(C)N1C(=O)CC(N2CCCC2CC(=O)O)C1=O. The number of aliphatic carboxylic acids is 1. The molecule has 0 spiro atoms. The van der Waals surface area contributed by atoms with Crippen molar-refractivity contribution in [2.24, 2.45) is 0 Å². The first-order valence-electron chi connectivity index (χ1n) is 7.29. The van der Waals surface area contributed by atoms with Crippen LogP contribution in [0.3, 0.4) is 0 Å². The summed E-state index contributed by atoms with van der Waals surface area (Å²) in [5.41, 5.74) is 0. The predicted octanol–water partition coefficient (Wildman–Crippen LogP) is 0.852. The van der Waals surface area contributed by atoms with Crippen molar-refractivity contribution in [3.05, 3.63) is 0 Å². The van der Waals surface area contributed by atoms with Crippen molar-refractivity contribution >= 4 is 17.8 Å². The Labute approximate surface area is 118 Å². The van der Waals surface area contributed by atoms with Crippen LogP contribution in [-0.2, 0) is 14.4 Å². The van der Waals surface area contributed by atoms with E-state index in [-0.39, 0.29) is 36.7 Å². The molecule has 6 heteroatoms. The Morgan fingerprint density at radius 1 is 1.45 bits per heavy atom. The Morgan fingerprint density at radius 2 is 2.15 bits per heavy atom. The molecule has 3 atom stereocenters. The van der Waals surface area contributed by atoms with E-state index < -0.39 is 12.0 Å². The van der Waals surface area contributed by atoms with E-state index in [0.29, 0.717) is 6.54 Å². The number of carboxylic acids is 1. The second kappa shape index (κ2) is 5.91. The second-order valence-electron chi connectivity index (χ2n) is 5.71. The molecule has 0 aromatic rings. The Hall–Kier alpha value is -1.43. The van der Waals surface area contributed by atoms with Gasteiger partial charge in [-0.25, -0.2) is 0 Å². The molecule has 112 valence electrons. The standard InChI is InChI=1S/C14H22N2O4/c1-3-9(2)16-12(17)8-11(14(16)20)15-6-4-5-10(15)7-13(18)19/h9-11H,3-8H2,1-2H3,(H,18,19). The topological polar surface area (TPSA) is 77.9 Å². The fourth-order valence-electron chi connectivity index (χ4n) is 3.23. The fraction of sp³-hybridized carbons (Fsp3) is 0.786. The number of likely N-dealkylation sites (tertiary alicyclic amines) is 2. The van der Waals surface area contributed by atoms with Crippen LogP contribution in [0.4, 0.5) is 0 Å². The van der Waals surface area contributed by atoms with E-state index in [1.807, 2.05) is 18.7 Å². The van der Waals surface area contributed by atoms with Crippen LogP contribution < -0.4 is 0 Å². The first kappa shape index (κ1) is 15.0. The van der Waals surface area contributed by atoms with Gasteiger partial charge < -0.3 is 5.11 Å². The van der Waals surface area contributed by atoms with Crippen LogP contribution in [0.25, 0.3) is 0 Å². The lowest BCUT2D eigenvalue weighted by molar-refractivity contribution is -0.143. The van der Waals surface area contributed by atoms with E-state index in [2.05, 4.69) is 0 Å². The molecule has 2 heterocycles. The maximum absolute atomic E-state index is 12.5. The average molecular weight is 282 g/mol. The third-order valence-corrected chi connectivity index (χ3v) is 4.42. The van der Waals surface area contributed by atoms with Crippen LogP contribution in [0.1, 0.15) is 46.0 Å². The van der Waals surface area contributed by atoms with Crippen LogP contribution in [-0.4, -0.2) is 57.4 Å². The highest BCUT2D eigenvalue weighted by Gasteiger charge is 2.46. The van der Waals surface area contributed by atoms with Crippen molar-refractivity contribution < 1.29 is 19.5 Å². The van der Waals surface area contributed by atoms with Gasteiger partial charge in [-0.1, -0.05) is 6.92 Å². The molecule has 3 unspecified atom stereocenters. The lowest BCUT2D eigenvalue weighted by Gasteiger charge is -2.29. The van der Waals surface area contributed by atoms with Crippen molar-refractivity contribution in [3.8, 4) is 0 Å². The highest BCUT2D eigenvalue weighted by molar-refractivity contribution is 6.05. The van der Waals surface area contributed by atoms with Gasteiger partial charge in [0.1, 0.15) is 0 Å². The van der Waals surface area contributed by atoms with Crippen LogP contribution >= 0.6 is 0 Å². The molecular formula is C14H22N2O4. The molecule has 2 saturated heterocycles. The van der Waals surface area contributed by atoms with Crippen LogP contribution in [0, 0.1) is 0 Å². The Balaban J connectivity index is 2.11. The number of imide groups is 1. The third-order valence-electron chi connectivity index (χ3n) is 4.42. The van der Waals surface area contributed by atoms with E-state index in [0.717, 1.165) is 19.3 Å². The molecule has 0 bridgehead atoms. The quantitative estimate of drug-likeness (QED) is 0.756. The molecule has 2 rings (SSSR count). The molecule has 0 aromatic carbocycles. The summed E-state index contributed by atoms with van der Waals surface area (Å²) in [6.45, 7) is 4.52. The molecule has 6 nitrogen and oxygen atoms in total. The first-order chi connectivity index (χ1) is 9.45. The smallest absolute Gasteiger partial charge is 0.304 e. The average Bonchev–Trinajstić information content (AvgIpc) is 2.93. The number of amides is 2. The van der Waals surface area contributed by atoms with Crippen LogP contribution in [0.5, 0.6) is 0 Å². The highest BCUT2D eigenvalue weighted by atomic mass is 16.4. The molecular weight excluding hydrogens is 260 g/mol. The number of hydrogen-bond donors (Lipinski definition) is 1. The molecule has 0 aromatic heterocycles. The molecule has 2 amide bonds. The minimum absolute atomic E-state index is 0.0430. The van der Waals surface area contributed by atoms with Gasteiger partial charge in [-0.3, -0.25) is 24.2 Å². The Bertz CT molecular complexity index is 423. The van der Waals surface area contributed by atoms with E-state index >= 15 is 0 Å². The van der Waals surface area contributed by atoms with Gasteiger partial charge in [-0.15, -0.1) is 0 Å². The van der Waals surface area contributed by atoms with Crippen molar-refractivity contribution in [3.63, 3.8) is 0 Å². The van der Waals surface area contributed by atoms with Crippen LogP contribution in [0.2, 0.25) is 0 Å². The summed E-state index contributed by atoms with van der Waals surface area (Å²) in [6, 6.07) is -0.657. The number of carboxylic acid groups (broad SMARTS) is 1. The third kappa shape index (κ3) is 2.70. The maximum Gasteiger partial charge on any atom is 0.304 e. The van der Waals surface area contributed by atoms with Gasteiger partial charge in [0.15, 0.2) is 0 Å². The number of nitrogens with zero attached hydrogens (tertiary/aromatic N) is 2. The molecule has 2 fully saturated rings. The monoisotopic (exact) mass is 282 g/mol. The van der Waals surface area contributed by atoms with Crippen LogP contribution in [0.15, 0.2) is 0 Å². The summed E-state index contributed by atoms with van der Waals surface area (Å²) in [5.74, 6) is -1.13. The number of carbonyl (C=O) groups excluding carboxylic acids is 2. The van der Waals surface area contributed by atoms with Gasteiger partial charge >= 0.3 is 5.97 Å². The number of hydrogen-bond acceptors (Lipinski definition) is 4. The molecule has 20 heavy (non-hydrogen) atoms. The fourth-order valence-corrected chi connectivity index (χ4v) is 3.23. The molecule has 2 aliphatic heterocycles. The summed E-state index contributed by atoms with van der Waals surface area (Å²) >= 11 is 0. The predicted molar refractivity (Wildman–Crippen MR) is 72.0 cm³/mol. The highest BCUT2D eigenvalue weighted by Crippen LogP contribution is 2.29. The van der Waals surface area contributed by atoms with E-state index in [9.17, 15) is 14.4 Å². The number of carbonyl (C=O) groups is 3. The summed E-state index contributed by atoms with van der Waals surface area (Å²) in [7, 11) is 0. The Kier molecular flexibility index (Phi) is 4.42. The maximum atomic E-state index is 12.5. The largest absolute Gasteiger partial charge is 0.481 e. The molecule has 1 N–H and O–H groups in total. The summed E-state index contributed by atoms with van der Waals surface area (Å²) in [5, 5.41) is 8.94. The van der Waals surface area contributed by atoms with Gasteiger partial charge in [0.25, 0.3) is 0 Å². The van der Waals surface area contributed by atoms with Crippen molar-refractivity contribution in [1.29, 1.82) is 0 Å². The van der Waals surface area contributed by atoms with Crippen molar-refractivity contribution in [2.75, 3.05) is 6.54 Å². The normalized spacial score (nSPS) is 29.2. The van der Waals surface area contributed by atoms with Gasteiger partial charge in [0, 0.05) is 12.1 Å². The molecule has 2 aliphatic rings. The van der Waals surface area contributed by atoms with E-state index in [4.69, 9.17) is 5.11 Å². The lowest BCUT2D eigenvalue weighted by Crippen LogP contribution is -2.46. The van der Waals surface area contributed by atoms with Gasteiger partial charge in [0.2, 0.25) is 11.8 Å². The lowest BCUT2D eigenvalue weighted by atomic mass is 10.1.